The topological polar surface area (TPSA) is 65.2 Å². The van der Waals surface area contributed by atoms with Crippen LogP contribution in [-0.2, 0) is 16.0 Å². The third-order valence-electron chi connectivity index (χ3n) is 1.61. The summed E-state index contributed by atoms with van der Waals surface area (Å²) in [5.41, 5.74) is 7.15. The van der Waals surface area contributed by atoms with Crippen molar-refractivity contribution in [1.82, 2.24) is 4.98 Å². The van der Waals surface area contributed by atoms with Crippen LogP contribution < -0.4 is 5.73 Å². The number of carbonyl (C=O) groups excluding carboxylic acids is 1. The zero-order valence-corrected chi connectivity index (χ0v) is 7.70. The highest BCUT2D eigenvalue weighted by Crippen LogP contribution is 2.07. The number of aromatic nitrogens is 1. The smallest absolute Gasteiger partial charge is 0.309 e. The predicted octanol–water partition coefficient (Wildman–Crippen LogP) is 0.688. The van der Waals surface area contributed by atoms with Crippen LogP contribution in [-0.4, -0.2) is 18.1 Å². The van der Waals surface area contributed by atoms with E-state index in [0.29, 0.717) is 5.82 Å². The number of rotatable bonds is 2. The van der Waals surface area contributed by atoms with E-state index in [4.69, 9.17) is 5.73 Å². The van der Waals surface area contributed by atoms with Crippen LogP contribution in [0.1, 0.15) is 11.3 Å². The molecular weight excluding hydrogens is 168 g/mol. The number of anilines is 1. The van der Waals surface area contributed by atoms with E-state index < -0.39 is 0 Å². The molecule has 0 amide bonds. The number of esters is 1. The summed E-state index contributed by atoms with van der Waals surface area (Å²) in [6, 6.07) is 3.48. The number of carbonyl (C=O) groups is 1. The van der Waals surface area contributed by atoms with Crippen molar-refractivity contribution in [3.63, 3.8) is 0 Å². The second kappa shape index (κ2) is 3.89. The maximum absolute atomic E-state index is 10.9. The Morgan fingerprint density at radius 1 is 1.62 bits per heavy atom. The van der Waals surface area contributed by atoms with Gasteiger partial charge in [-0.2, -0.15) is 0 Å². The SMILES string of the molecule is COC(=O)Cc1cc(C)nc(N)c1. The summed E-state index contributed by atoms with van der Waals surface area (Å²) < 4.78 is 4.53. The summed E-state index contributed by atoms with van der Waals surface area (Å²) in [4.78, 5) is 14.9. The van der Waals surface area contributed by atoms with Crippen molar-refractivity contribution >= 4 is 11.8 Å². The van der Waals surface area contributed by atoms with Gasteiger partial charge in [0, 0.05) is 5.69 Å². The third kappa shape index (κ3) is 2.74. The Morgan fingerprint density at radius 2 is 2.31 bits per heavy atom. The van der Waals surface area contributed by atoms with Gasteiger partial charge in [0.05, 0.1) is 13.5 Å². The zero-order valence-electron chi connectivity index (χ0n) is 7.70. The lowest BCUT2D eigenvalue weighted by Crippen LogP contribution is -2.05. The Kier molecular flexibility index (Phi) is 2.84. The highest BCUT2D eigenvalue weighted by Gasteiger charge is 2.04. The van der Waals surface area contributed by atoms with E-state index in [2.05, 4.69) is 9.72 Å². The molecule has 4 heteroatoms. The molecule has 13 heavy (non-hydrogen) atoms. The standard InChI is InChI=1S/C9H12N2O2/c1-6-3-7(4-8(10)11-6)5-9(12)13-2/h3-4H,5H2,1-2H3,(H2,10,11). The van der Waals surface area contributed by atoms with Crippen LogP contribution in [0.4, 0.5) is 5.82 Å². The number of methoxy groups -OCH3 is 1. The summed E-state index contributed by atoms with van der Waals surface area (Å²) >= 11 is 0. The maximum atomic E-state index is 10.9. The molecule has 1 rings (SSSR count). The molecule has 4 nitrogen and oxygen atoms in total. The molecule has 0 aliphatic carbocycles. The van der Waals surface area contributed by atoms with E-state index in [1.807, 2.05) is 13.0 Å². The van der Waals surface area contributed by atoms with Crippen molar-refractivity contribution in [3.8, 4) is 0 Å². The molecular formula is C9H12N2O2. The highest BCUT2D eigenvalue weighted by atomic mass is 16.5. The lowest BCUT2D eigenvalue weighted by molar-refractivity contribution is -0.139. The number of nitrogen functional groups attached to an aromatic ring is 1. The Bertz CT molecular complexity index is 303. The minimum Gasteiger partial charge on any atom is -0.469 e. The van der Waals surface area contributed by atoms with Crippen molar-refractivity contribution in [2.24, 2.45) is 0 Å². The molecule has 0 saturated heterocycles. The van der Waals surface area contributed by atoms with Gasteiger partial charge in [-0.3, -0.25) is 4.79 Å². The molecule has 1 aromatic rings. The Morgan fingerprint density at radius 3 is 2.85 bits per heavy atom. The first-order chi connectivity index (χ1) is 6.11. The van der Waals surface area contributed by atoms with Gasteiger partial charge in [0.25, 0.3) is 0 Å². The maximum Gasteiger partial charge on any atom is 0.309 e. The van der Waals surface area contributed by atoms with Gasteiger partial charge < -0.3 is 10.5 Å². The Balaban J connectivity index is 2.83. The van der Waals surface area contributed by atoms with Crippen LogP contribution in [0.25, 0.3) is 0 Å². The van der Waals surface area contributed by atoms with Crippen molar-refractivity contribution < 1.29 is 9.53 Å². The van der Waals surface area contributed by atoms with Gasteiger partial charge in [-0.05, 0) is 24.6 Å². The van der Waals surface area contributed by atoms with Crippen molar-refractivity contribution in [2.75, 3.05) is 12.8 Å². The van der Waals surface area contributed by atoms with Crippen LogP contribution in [0, 0.1) is 6.92 Å². The average Bonchev–Trinajstić information content (AvgIpc) is 2.02. The number of nitrogens with zero attached hydrogens (tertiary/aromatic N) is 1. The van der Waals surface area contributed by atoms with E-state index in [0.717, 1.165) is 11.3 Å². The van der Waals surface area contributed by atoms with E-state index in [-0.39, 0.29) is 12.4 Å². The van der Waals surface area contributed by atoms with Gasteiger partial charge in [0.1, 0.15) is 5.82 Å². The minimum absolute atomic E-state index is 0.240. The minimum atomic E-state index is -0.273. The zero-order chi connectivity index (χ0) is 9.84. The van der Waals surface area contributed by atoms with E-state index >= 15 is 0 Å². The van der Waals surface area contributed by atoms with Crippen LogP contribution in [0.15, 0.2) is 12.1 Å². The number of pyridine rings is 1. The second-order valence-corrected chi connectivity index (χ2v) is 2.79. The molecule has 1 heterocycles. The molecule has 0 aromatic carbocycles. The fourth-order valence-corrected chi connectivity index (χ4v) is 1.11. The fraction of sp³-hybridized carbons (Fsp3) is 0.333. The summed E-state index contributed by atoms with van der Waals surface area (Å²) in [7, 11) is 1.36. The fourth-order valence-electron chi connectivity index (χ4n) is 1.11. The lowest BCUT2D eigenvalue weighted by atomic mass is 10.1. The summed E-state index contributed by atoms with van der Waals surface area (Å²) in [6.07, 6.45) is 0.240. The first-order valence-electron chi connectivity index (χ1n) is 3.91. The molecule has 70 valence electrons. The normalized spacial score (nSPS) is 9.69. The quantitative estimate of drug-likeness (QED) is 0.680. The van der Waals surface area contributed by atoms with Crippen molar-refractivity contribution in [3.05, 3.63) is 23.4 Å². The molecule has 0 fully saturated rings. The van der Waals surface area contributed by atoms with E-state index in [1.165, 1.54) is 7.11 Å². The van der Waals surface area contributed by atoms with Crippen molar-refractivity contribution in [1.29, 1.82) is 0 Å². The molecule has 0 atom stereocenters. The molecule has 0 radical (unpaired) electrons. The number of aryl methyl sites for hydroxylation is 1. The van der Waals surface area contributed by atoms with E-state index in [1.54, 1.807) is 6.07 Å². The first kappa shape index (κ1) is 9.51. The predicted molar refractivity (Wildman–Crippen MR) is 49.1 cm³/mol. The molecule has 2 N–H and O–H groups in total. The largest absolute Gasteiger partial charge is 0.469 e. The summed E-state index contributed by atoms with van der Waals surface area (Å²) in [6.45, 7) is 1.83. The van der Waals surface area contributed by atoms with Gasteiger partial charge in [0.15, 0.2) is 0 Å². The van der Waals surface area contributed by atoms with Crippen molar-refractivity contribution in [2.45, 2.75) is 13.3 Å². The van der Waals surface area contributed by atoms with Crippen LogP contribution in [0.3, 0.4) is 0 Å². The van der Waals surface area contributed by atoms with Crippen LogP contribution in [0.2, 0.25) is 0 Å². The number of ether oxygens (including phenoxy) is 1. The summed E-state index contributed by atoms with van der Waals surface area (Å²) in [5.74, 6) is 0.156. The average molecular weight is 180 g/mol. The molecule has 0 aliphatic heterocycles. The third-order valence-corrected chi connectivity index (χ3v) is 1.61. The highest BCUT2D eigenvalue weighted by molar-refractivity contribution is 5.72. The van der Waals surface area contributed by atoms with Gasteiger partial charge >= 0.3 is 5.97 Å². The van der Waals surface area contributed by atoms with Gasteiger partial charge in [-0.15, -0.1) is 0 Å². The Hall–Kier alpha value is -1.58. The van der Waals surface area contributed by atoms with Gasteiger partial charge in [-0.1, -0.05) is 0 Å². The van der Waals surface area contributed by atoms with Crippen LogP contribution >= 0.6 is 0 Å². The van der Waals surface area contributed by atoms with Gasteiger partial charge in [0.2, 0.25) is 0 Å². The van der Waals surface area contributed by atoms with Gasteiger partial charge in [-0.25, -0.2) is 4.98 Å². The number of hydrogen-bond donors (Lipinski definition) is 1. The molecule has 0 bridgehead atoms. The van der Waals surface area contributed by atoms with Crippen LogP contribution in [0.5, 0.6) is 0 Å². The number of hydrogen-bond acceptors (Lipinski definition) is 4. The second-order valence-electron chi connectivity index (χ2n) is 2.79. The molecule has 0 aliphatic rings. The first-order valence-corrected chi connectivity index (χ1v) is 3.91. The molecule has 1 aromatic heterocycles. The Labute approximate surface area is 76.7 Å². The number of nitrogens with two attached hydrogens (primary N) is 1. The molecule has 0 saturated carbocycles. The molecule has 0 unspecified atom stereocenters. The summed E-state index contributed by atoms with van der Waals surface area (Å²) in [5, 5.41) is 0. The lowest BCUT2D eigenvalue weighted by Gasteiger charge is -2.02. The van der Waals surface area contributed by atoms with E-state index in [9.17, 15) is 4.79 Å². The molecule has 0 spiro atoms. The monoisotopic (exact) mass is 180 g/mol.